The van der Waals surface area contributed by atoms with E-state index >= 15 is 0 Å². The maximum atomic E-state index is 13.5. The number of aryl methyl sites for hydroxylation is 1. The van der Waals surface area contributed by atoms with Crippen LogP contribution in [0.5, 0.6) is 0 Å². The number of carboxylic acids is 1. The van der Waals surface area contributed by atoms with Crippen molar-refractivity contribution in [3.63, 3.8) is 0 Å². The number of amides is 2. The number of carbonyl (C=O) groups excluding carboxylic acids is 2. The second-order valence-electron chi connectivity index (χ2n) is 15.0. The summed E-state index contributed by atoms with van der Waals surface area (Å²) in [6.45, 7) is 10.7. The van der Waals surface area contributed by atoms with Gasteiger partial charge >= 0.3 is 5.97 Å². The number of anilines is 1. The van der Waals surface area contributed by atoms with Crippen LogP contribution in [-0.2, 0) is 27.8 Å². The summed E-state index contributed by atoms with van der Waals surface area (Å²) >= 11 is 1.42. The molecule has 4 heterocycles. The van der Waals surface area contributed by atoms with Gasteiger partial charge in [-0.3, -0.25) is 14.4 Å². The number of nitrogens with one attached hydrogen (secondary N) is 1. The lowest BCUT2D eigenvalue weighted by atomic mass is 9.88. The molecule has 2 aromatic heterocycles. The van der Waals surface area contributed by atoms with E-state index in [1.165, 1.54) is 40.2 Å². The molecular weight excluding hydrogens is 659 g/mol. The highest BCUT2D eigenvalue weighted by molar-refractivity contribution is 7.14. The normalized spacial score (nSPS) is 16.1. The maximum Gasteiger partial charge on any atom is 0.310 e. The number of piperidine rings is 1. The van der Waals surface area contributed by atoms with Gasteiger partial charge in [-0.15, -0.1) is 11.3 Å². The number of benzene rings is 2. The second-order valence-corrected chi connectivity index (χ2v) is 16.1. The van der Waals surface area contributed by atoms with Crippen molar-refractivity contribution in [1.29, 1.82) is 0 Å². The molecule has 0 unspecified atom stereocenters. The predicted octanol–water partition coefficient (Wildman–Crippen LogP) is 7.11. The molecule has 10 heteroatoms. The Balaban J connectivity index is 1.07. The monoisotopic (exact) mass is 707 g/mol. The molecule has 0 spiro atoms. The van der Waals surface area contributed by atoms with Gasteiger partial charge in [0.2, 0.25) is 5.91 Å². The predicted molar refractivity (Wildman–Crippen MR) is 202 cm³/mol. The Morgan fingerprint density at radius 3 is 2.16 bits per heavy atom. The van der Waals surface area contributed by atoms with Crippen LogP contribution in [-0.4, -0.2) is 70.0 Å². The molecule has 6 rings (SSSR count). The van der Waals surface area contributed by atoms with Crippen LogP contribution in [0.3, 0.4) is 0 Å². The van der Waals surface area contributed by atoms with Gasteiger partial charge in [0.1, 0.15) is 6.04 Å². The summed E-state index contributed by atoms with van der Waals surface area (Å²) in [7, 11) is 0. The van der Waals surface area contributed by atoms with Crippen molar-refractivity contribution in [3.8, 4) is 11.4 Å². The van der Waals surface area contributed by atoms with E-state index in [9.17, 15) is 19.5 Å². The van der Waals surface area contributed by atoms with Crippen molar-refractivity contribution >= 4 is 34.8 Å². The van der Waals surface area contributed by atoms with E-state index in [-0.39, 0.29) is 36.7 Å². The number of hydrogen-bond donors (Lipinski definition) is 2. The molecule has 2 aliphatic heterocycles. The average Bonchev–Trinajstić information content (AvgIpc) is 3.62. The molecule has 0 bridgehead atoms. The SMILES string of the molecule is CCCCc1ccc(C2CCN(c3cnc(-c4ccc(C[C@H](NC(=O)c5ccc(C(C)(C)C)s5)C(=O)N5CC(C(=O)O)C5)cc4)nc3)CC2)cc1. The molecule has 268 valence electrons. The molecule has 2 saturated heterocycles. The number of likely N-dealkylation sites (tertiary alicyclic amines) is 1. The fraction of sp³-hybridized carbons (Fsp3) is 0.439. The van der Waals surface area contributed by atoms with Crippen LogP contribution in [0, 0.1) is 5.92 Å². The van der Waals surface area contributed by atoms with Crippen LogP contribution < -0.4 is 10.2 Å². The Kier molecular flexibility index (Phi) is 11.2. The van der Waals surface area contributed by atoms with Crippen molar-refractivity contribution in [3.05, 3.63) is 99.5 Å². The molecule has 2 aliphatic rings. The minimum Gasteiger partial charge on any atom is -0.481 e. The molecule has 2 aromatic carbocycles. The van der Waals surface area contributed by atoms with Crippen LogP contribution in [0.25, 0.3) is 11.4 Å². The van der Waals surface area contributed by atoms with Gasteiger partial charge < -0.3 is 20.2 Å². The Morgan fingerprint density at radius 2 is 1.57 bits per heavy atom. The smallest absolute Gasteiger partial charge is 0.310 e. The average molecular weight is 708 g/mol. The first-order valence-electron chi connectivity index (χ1n) is 18.2. The maximum absolute atomic E-state index is 13.5. The minimum absolute atomic E-state index is 0.0914. The van der Waals surface area contributed by atoms with Gasteiger partial charge in [-0.25, -0.2) is 9.97 Å². The molecule has 2 N–H and O–H groups in total. The zero-order valence-corrected chi connectivity index (χ0v) is 30.9. The van der Waals surface area contributed by atoms with Crippen LogP contribution in [0.2, 0.25) is 0 Å². The first kappa shape index (κ1) is 36.2. The molecule has 2 amide bonds. The Labute approximate surface area is 305 Å². The highest BCUT2D eigenvalue weighted by Gasteiger charge is 2.39. The summed E-state index contributed by atoms with van der Waals surface area (Å²) in [6, 6.07) is 19.9. The first-order chi connectivity index (χ1) is 24.5. The van der Waals surface area contributed by atoms with E-state index in [0.717, 1.165) is 54.0 Å². The summed E-state index contributed by atoms with van der Waals surface area (Å²) in [4.78, 5) is 53.1. The fourth-order valence-electron chi connectivity index (χ4n) is 6.80. The van der Waals surface area contributed by atoms with Crippen LogP contribution in [0.1, 0.15) is 90.5 Å². The lowest BCUT2D eigenvalue weighted by molar-refractivity contribution is -0.153. The quantitative estimate of drug-likeness (QED) is 0.161. The topological polar surface area (TPSA) is 116 Å². The van der Waals surface area contributed by atoms with Gasteiger partial charge in [-0.2, -0.15) is 0 Å². The largest absolute Gasteiger partial charge is 0.481 e. The van der Waals surface area contributed by atoms with Crippen molar-refractivity contribution in [2.75, 3.05) is 31.1 Å². The standard InChI is InChI=1S/C41H49N5O4S/c1-5-6-7-27-8-12-29(13-9-27)30-18-20-45(21-19-30)33-23-42-37(43-24-33)31-14-10-28(11-15-31)22-34(39(48)46-25-32(26-46)40(49)50)44-38(47)35-16-17-36(51-35)41(2,3)4/h8-17,23-24,30,32,34H,5-7,18-22,25-26H2,1-4H3,(H,44,47)(H,49,50)/t34-/m0/s1. The third-order valence-corrected chi connectivity index (χ3v) is 11.6. The molecule has 0 saturated carbocycles. The lowest BCUT2D eigenvalue weighted by Crippen LogP contribution is -2.59. The highest BCUT2D eigenvalue weighted by Crippen LogP contribution is 2.32. The summed E-state index contributed by atoms with van der Waals surface area (Å²) in [5.74, 6) is -0.879. The Bertz CT molecular complexity index is 1800. The summed E-state index contributed by atoms with van der Waals surface area (Å²) in [5.41, 5.74) is 5.52. The van der Waals surface area contributed by atoms with E-state index in [1.54, 1.807) is 6.07 Å². The van der Waals surface area contributed by atoms with Crippen molar-refractivity contribution in [1.82, 2.24) is 20.2 Å². The molecule has 4 aromatic rings. The van der Waals surface area contributed by atoms with Gasteiger partial charge in [-0.1, -0.05) is 82.6 Å². The molecule has 0 aliphatic carbocycles. The molecule has 51 heavy (non-hydrogen) atoms. The number of aliphatic carboxylic acids is 1. The lowest BCUT2D eigenvalue weighted by Gasteiger charge is -2.38. The molecule has 1 atom stereocenters. The third kappa shape index (κ3) is 8.84. The number of aromatic nitrogens is 2. The van der Waals surface area contributed by atoms with Gasteiger partial charge in [-0.05, 0) is 65.8 Å². The van der Waals surface area contributed by atoms with Crippen molar-refractivity contribution in [2.24, 2.45) is 5.92 Å². The van der Waals surface area contributed by atoms with Gasteiger partial charge in [0.15, 0.2) is 5.82 Å². The third-order valence-electron chi connectivity index (χ3n) is 10.1. The number of carboxylic acid groups (broad SMARTS) is 1. The number of thiophene rings is 1. The fourth-order valence-corrected chi connectivity index (χ4v) is 7.76. The number of hydrogen-bond acceptors (Lipinski definition) is 7. The van der Waals surface area contributed by atoms with Crippen molar-refractivity contribution < 1.29 is 19.5 Å². The van der Waals surface area contributed by atoms with Crippen LogP contribution in [0.4, 0.5) is 5.69 Å². The number of nitrogens with zero attached hydrogens (tertiary/aromatic N) is 4. The Morgan fingerprint density at radius 1 is 0.922 bits per heavy atom. The van der Waals surface area contributed by atoms with Crippen molar-refractivity contribution in [2.45, 2.75) is 83.6 Å². The highest BCUT2D eigenvalue weighted by atomic mass is 32.1. The minimum atomic E-state index is -0.914. The zero-order chi connectivity index (χ0) is 36.1. The van der Waals surface area contributed by atoms with Crippen LogP contribution in [0.15, 0.2) is 73.1 Å². The summed E-state index contributed by atoms with van der Waals surface area (Å²) < 4.78 is 0. The molecule has 2 fully saturated rings. The van der Waals surface area contributed by atoms with Gasteiger partial charge in [0, 0.05) is 43.0 Å². The number of rotatable bonds is 12. The molecule has 9 nitrogen and oxygen atoms in total. The summed E-state index contributed by atoms with van der Waals surface area (Å²) in [5, 5.41) is 12.3. The second kappa shape index (κ2) is 15.8. The van der Waals surface area contributed by atoms with Crippen LogP contribution >= 0.6 is 11.3 Å². The Hall–Kier alpha value is -4.57. The molecule has 0 radical (unpaired) electrons. The first-order valence-corrected chi connectivity index (χ1v) is 19.0. The van der Waals surface area contributed by atoms with E-state index in [1.807, 2.05) is 42.7 Å². The number of unbranched alkanes of at least 4 members (excludes halogenated alkanes) is 1. The summed E-state index contributed by atoms with van der Waals surface area (Å²) in [6.07, 6.45) is 9.89. The van der Waals surface area contributed by atoms with E-state index in [2.05, 4.69) is 62.2 Å². The van der Waals surface area contributed by atoms with E-state index in [4.69, 9.17) is 9.97 Å². The van der Waals surface area contributed by atoms with Gasteiger partial charge in [0.25, 0.3) is 5.91 Å². The molecular formula is C41H49N5O4S. The number of carbonyl (C=O) groups is 3. The van der Waals surface area contributed by atoms with E-state index < -0.39 is 17.9 Å². The zero-order valence-electron chi connectivity index (χ0n) is 30.1. The van der Waals surface area contributed by atoms with Gasteiger partial charge in [0.05, 0.1) is 28.9 Å². The van der Waals surface area contributed by atoms with E-state index in [0.29, 0.717) is 16.6 Å².